The zero-order chi connectivity index (χ0) is 21.1. The molecule has 0 bridgehead atoms. The first-order valence-corrected chi connectivity index (χ1v) is 11.3. The van der Waals surface area contributed by atoms with Crippen molar-refractivity contribution < 1.29 is 14.6 Å². The number of carbonyl (C=O) groups is 1. The molecule has 2 heterocycles. The Morgan fingerprint density at radius 3 is 2.73 bits per heavy atom. The van der Waals surface area contributed by atoms with Crippen molar-refractivity contribution >= 4 is 5.91 Å². The summed E-state index contributed by atoms with van der Waals surface area (Å²) in [5.74, 6) is 0.482. The number of carbonyl (C=O) groups excluding carboxylic acids is 1. The average molecular weight is 409 g/mol. The summed E-state index contributed by atoms with van der Waals surface area (Å²) in [6.45, 7) is 4.59. The van der Waals surface area contributed by atoms with Gasteiger partial charge in [-0.2, -0.15) is 0 Å². The molecule has 5 heteroatoms. The standard InChI is InChI=1S/C25H32N2O3/c1-3-18(2)30-23-15-9-13-21(26-23)24(28)27-17-16-25(29,19-10-5-4-6-11-19)20-12-7-8-14-22(20)27/h4-6,9-11,13,15,18,20,22,29H,3,7-8,12,14,16-17H2,1-2H3/t18?,20-,22+,25?/m1/s1. The summed E-state index contributed by atoms with van der Waals surface area (Å²) >= 11 is 0. The normalized spacial score (nSPS) is 27.2. The molecule has 2 fully saturated rings. The molecule has 160 valence electrons. The Labute approximate surface area is 179 Å². The van der Waals surface area contributed by atoms with Gasteiger partial charge in [0.05, 0.1) is 11.7 Å². The maximum Gasteiger partial charge on any atom is 0.272 e. The predicted octanol–water partition coefficient (Wildman–Crippen LogP) is 4.55. The summed E-state index contributed by atoms with van der Waals surface area (Å²) in [5.41, 5.74) is 0.513. The smallest absolute Gasteiger partial charge is 0.272 e. The molecule has 4 atom stereocenters. The number of fused-ring (bicyclic) bond motifs is 1. The van der Waals surface area contributed by atoms with E-state index < -0.39 is 5.60 Å². The van der Waals surface area contributed by atoms with Crippen LogP contribution in [-0.4, -0.2) is 39.6 Å². The average Bonchev–Trinajstić information content (AvgIpc) is 2.80. The van der Waals surface area contributed by atoms with E-state index in [0.29, 0.717) is 24.5 Å². The van der Waals surface area contributed by atoms with Gasteiger partial charge in [0.1, 0.15) is 5.69 Å². The predicted molar refractivity (Wildman–Crippen MR) is 116 cm³/mol. The maximum absolute atomic E-state index is 13.4. The second kappa shape index (κ2) is 8.76. The van der Waals surface area contributed by atoms with Gasteiger partial charge in [0.15, 0.2) is 0 Å². The number of aromatic nitrogens is 1. The van der Waals surface area contributed by atoms with E-state index in [1.165, 1.54) is 0 Å². The number of nitrogens with zero attached hydrogens (tertiary/aromatic N) is 2. The van der Waals surface area contributed by atoms with E-state index in [0.717, 1.165) is 37.7 Å². The SMILES string of the molecule is CCC(C)Oc1cccc(C(=O)N2CCC(O)(c3ccccc3)[C@@H]3CCCC[C@@H]32)n1. The summed E-state index contributed by atoms with van der Waals surface area (Å²) in [5, 5.41) is 11.7. The van der Waals surface area contributed by atoms with E-state index in [4.69, 9.17) is 4.74 Å². The summed E-state index contributed by atoms with van der Waals surface area (Å²) < 4.78 is 5.82. The first-order valence-electron chi connectivity index (χ1n) is 11.3. The maximum atomic E-state index is 13.4. The van der Waals surface area contributed by atoms with Crippen LogP contribution >= 0.6 is 0 Å². The van der Waals surface area contributed by atoms with Crippen molar-refractivity contribution in [3.63, 3.8) is 0 Å². The highest BCUT2D eigenvalue weighted by Crippen LogP contribution is 2.47. The van der Waals surface area contributed by atoms with Crippen molar-refractivity contribution in [1.82, 2.24) is 9.88 Å². The highest BCUT2D eigenvalue weighted by molar-refractivity contribution is 5.92. The molecular formula is C25H32N2O3. The van der Waals surface area contributed by atoms with Gasteiger partial charge in [-0.05, 0) is 44.2 Å². The number of aliphatic hydroxyl groups is 1. The van der Waals surface area contributed by atoms with Gasteiger partial charge in [-0.1, -0.05) is 56.2 Å². The van der Waals surface area contributed by atoms with E-state index in [9.17, 15) is 9.90 Å². The molecule has 0 spiro atoms. The number of pyridine rings is 1. The van der Waals surface area contributed by atoms with Crippen LogP contribution in [0, 0.1) is 5.92 Å². The van der Waals surface area contributed by atoms with Crippen LogP contribution in [0.25, 0.3) is 0 Å². The summed E-state index contributed by atoms with van der Waals surface area (Å²) in [7, 11) is 0. The largest absolute Gasteiger partial charge is 0.475 e. The van der Waals surface area contributed by atoms with Crippen LogP contribution in [0.5, 0.6) is 5.88 Å². The van der Waals surface area contributed by atoms with Gasteiger partial charge in [0, 0.05) is 24.6 Å². The molecular weight excluding hydrogens is 376 g/mol. The van der Waals surface area contributed by atoms with E-state index >= 15 is 0 Å². The van der Waals surface area contributed by atoms with E-state index in [2.05, 4.69) is 11.9 Å². The van der Waals surface area contributed by atoms with Crippen LogP contribution in [0.4, 0.5) is 0 Å². The molecule has 2 aliphatic rings. The number of likely N-dealkylation sites (tertiary alicyclic amines) is 1. The van der Waals surface area contributed by atoms with Gasteiger partial charge >= 0.3 is 0 Å². The molecule has 1 aromatic carbocycles. The Hall–Kier alpha value is -2.40. The topological polar surface area (TPSA) is 62.7 Å². The lowest BCUT2D eigenvalue weighted by Gasteiger charge is -2.52. The van der Waals surface area contributed by atoms with E-state index in [-0.39, 0.29) is 24.0 Å². The van der Waals surface area contributed by atoms with E-state index in [1.807, 2.05) is 48.2 Å². The highest BCUT2D eigenvalue weighted by Gasteiger charge is 2.50. The van der Waals surface area contributed by atoms with Gasteiger partial charge < -0.3 is 14.7 Å². The van der Waals surface area contributed by atoms with Crippen LogP contribution in [0.2, 0.25) is 0 Å². The lowest BCUT2D eigenvalue weighted by atomic mass is 9.66. The number of amides is 1. The minimum absolute atomic E-state index is 0.0335. The molecule has 1 aliphatic heterocycles. The Morgan fingerprint density at radius 2 is 1.97 bits per heavy atom. The highest BCUT2D eigenvalue weighted by atomic mass is 16.5. The lowest BCUT2D eigenvalue weighted by molar-refractivity contribution is -0.110. The summed E-state index contributed by atoms with van der Waals surface area (Å²) in [6.07, 6.45) is 5.52. The summed E-state index contributed by atoms with van der Waals surface area (Å²) in [4.78, 5) is 19.9. The fourth-order valence-electron chi connectivity index (χ4n) is 5.06. The third-order valence-electron chi connectivity index (χ3n) is 6.85. The van der Waals surface area contributed by atoms with Gasteiger partial charge in [-0.15, -0.1) is 0 Å². The van der Waals surface area contributed by atoms with E-state index in [1.54, 1.807) is 12.1 Å². The molecule has 1 aromatic heterocycles. The molecule has 5 nitrogen and oxygen atoms in total. The Balaban J connectivity index is 1.59. The second-order valence-corrected chi connectivity index (χ2v) is 8.69. The van der Waals surface area contributed by atoms with Crippen LogP contribution in [0.3, 0.4) is 0 Å². The van der Waals surface area contributed by atoms with Crippen molar-refractivity contribution in [3.8, 4) is 5.88 Å². The first-order chi connectivity index (χ1) is 14.5. The number of hydrogen-bond donors (Lipinski definition) is 1. The van der Waals surface area contributed by atoms with Crippen LogP contribution in [0.1, 0.15) is 68.4 Å². The van der Waals surface area contributed by atoms with Crippen molar-refractivity contribution in [1.29, 1.82) is 0 Å². The Kier molecular flexibility index (Phi) is 6.09. The molecule has 0 radical (unpaired) electrons. The monoisotopic (exact) mass is 408 g/mol. The molecule has 4 rings (SSSR count). The zero-order valence-corrected chi connectivity index (χ0v) is 18.0. The number of benzene rings is 1. The van der Waals surface area contributed by atoms with Crippen LogP contribution in [-0.2, 0) is 5.60 Å². The third-order valence-corrected chi connectivity index (χ3v) is 6.85. The molecule has 30 heavy (non-hydrogen) atoms. The number of piperidine rings is 1. The fourth-order valence-corrected chi connectivity index (χ4v) is 5.06. The quantitative estimate of drug-likeness (QED) is 0.788. The second-order valence-electron chi connectivity index (χ2n) is 8.69. The molecule has 1 saturated carbocycles. The van der Waals surface area contributed by atoms with Crippen molar-refractivity contribution in [2.75, 3.05) is 6.54 Å². The molecule has 1 aliphatic carbocycles. The fraction of sp³-hybridized carbons (Fsp3) is 0.520. The van der Waals surface area contributed by atoms with Crippen molar-refractivity contribution in [3.05, 3.63) is 59.8 Å². The first kappa shape index (κ1) is 20.9. The van der Waals surface area contributed by atoms with Gasteiger partial charge in [0.2, 0.25) is 5.88 Å². The Bertz CT molecular complexity index is 872. The lowest BCUT2D eigenvalue weighted by Crippen LogP contribution is -2.59. The zero-order valence-electron chi connectivity index (χ0n) is 18.0. The molecule has 2 unspecified atom stereocenters. The minimum atomic E-state index is -0.877. The molecule has 2 aromatic rings. The number of ether oxygens (including phenoxy) is 1. The number of rotatable bonds is 5. The Morgan fingerprint density at radius 1 is 1.20 bits per heavy atom. The van der Waals surface area contributed by atoms with Crippen LogP contribution in [0.15, 0.2) is 48.5 Å². The minimum Gasteiger partial charge on any atom is -0.475 e. The van der Waals surface area contributed by atoms with Gasteiger partial charge in [-0.25, -0.2) is 4.98 Å². The van der Waals surface area contributed by atoms with Crippen molar-refractivity contribution in [2.45, 2.75) is 70.1 Å². The van der Waals surface area contributed by atoms with Gasteiger partial charge in [-0.3, -0.25) is 4.79 Å². The number of hydrogen-bond acceptors (Lipinski definition) is 4. The molecule has 1 N–H and O–H groups in total. The van der Waals surface area contributed by atoms with Crippen LogP contribution < -0.4 is 4.74 Å². The third kappa shape index (κ3) is 3.95. The van der Waals surface area contributed by atoms with Gasteiger partial charge in [0.25, 0.3) is 5.91 Å². The molecule has 1 amide bonds. The molecule has 1 saturated heterocycles. The summed E-state index contributed by atoms with van der Waals surface area (Å²) in [6, 6.07) is 15.4. The van der Waals surface area contributed by atoms with Crippen molar-refractivity contribution in [2.24, 2.45) is 5.92 Å².